The van der Waals surface area contributed by atoms with Crippen molar-refractivity contribution in [2.24, 2.45) is 11.7 Å². The lowest BCUT2D eigenvalue weighted by atomic mass is 10.0. The predicted octanol–water partition coefficient (Wildman–Crippen LogP) is 7.29. The molecule has 4 aromatic rings. The number of rotatable bonds is 10. The molecule has 11 heteroatoms. The first kappa shape index (κ1) is 30.9. The van der Waals surface area contributed by atoms with Gasteiger partial charge in [-0.05, 0) is 35.7 Å². The van der Waals surface area contributed by atoms with Crippen LogP contribution in [0.4, 0.5) is 5.69 Å². The number of nitrogens with two attached hydrogens (primary N) is 1. The van der Waals surface area contributed by atoms with Gasteiger partial charge in [0.25, 0.3) is 5.91 Å². The summed E-state index contributed by atoms with van der Waals surface area (Å²) in [5, 5.41) is 8.01. The largest absolute Gasteiger partial charge is 0.356 e. The molecule has 2 amide bonds. The van der Waals surface area contributed by atoms with Crippen LogP contribution < -0.4 is 16.0 Å². The van der Waals surface area contributed by atoms with Crippen molar-refractivity contribution in [1.82, 2.24) is 10.5 Å². The van der Waals surface area contributed by atoms with Gasteiger partial charge in [-0.2, -0.15) is 0 Å². The highest BCUT2D eigenvalue weighted by Crippen LogP contribution is 2.36. The summed E-state index contributed by atoms with van der Waals surface area (Å²) in [5.74, 6) is -0.529. The smallest absolute Gasteiger partial charge is 0.260 e. The van der Waals surface area contributed by atoms with Crippen molar-refractivity contribution in [3.8, 4) is 22.6 Å². The number of carbonyl (C=O) groups is 2. The van der Waals surface area contributed by atoms with Gasteiger partial charge in [0, 0.05) is 35.5 Å². The van der Waals surface area contributed by atoms with Gasteiger partial charge in [0.15, 0.2) is 10.6 Å². The molecule has 0 saturated heterocycles. The maximum Gasteiger partial charge on any atom is 0.260 e. The fraction of sp³-hybridized carbons (Fsp3) is 0.233. The molecule has 214 valence electrons. The molecule has 3 aromatic carbocycles. The van der Waals surface area contributed by atoms with Gasteiger partial charge < -0.3 is 20.5 Å². The number of carbonyl (C=O) groups excluding carboxylic acids is 2. The third-order valence-corrected chi connectivity index (χ3v) is 7.58. The number of nitrogens with zero attached hydrogens (tertiary/aromatic N) is 2. The van der Waals surface area contributed by atoms with Crippen LogP contribution in [-0.2, 0) is 9.59 Å². The van der Waals surface area contributed by atoms with Crippen molar-refractivity contribution >= 4 is 63.9 Å². The number of benzene rings is 3. The molecule has 1 heterocycles. The lowest BCUT2D eigenvalue weighted by Gasteiger charge is -2.31. The zero-order valence-electron chi connectivity index (χ0n) is 22.2. The van der Waals surface area contributed by atoms with E-state index >= 15 is 0 Å². The molecule has 0 bridgehead atoms. The molecule has 7 nitrogen and oxygen atoms in total. The minimum atomic E-state index is -1.33. The predicted molar refractivity (Wildman–Crippen MR) is 165 cm³/mol. The summed E-state index contributed by atoms with van der Waals surface area (Å²) in [6, 6.07) is 21.7. The Morgan fingerprint density at radius 3 is 2.24 bits per heavy atom. The molecule has 0 spiro atoms. The Kier molecular flexibility index (Phi) is 10.3. The lowest BCUT2D eigenvalue weighted by molar-refractivity contribution is -0.124. The quantitative estimate of drug-likeness (QED) is 0.179. The Balaban J connectivity index is 1.61. The standard InChI is InChI=1S/C30H28Cl4N4O3/c1-17(2)24(36-29(39)27(35)18-8-4-3-5-9-18)16-38(30(40)28(33)34)20-11-6-10-19(14-20)25-15-23(37-41-25)26-21(31)12-7-13-22(26)32/h3-15,17,24,27-28H,16,35H2,1-2H3,(H,36,39). The van der Waals surface area contributed by atoms with Crippen molar-refractivity contribution in [2.75, 3.05) is 11.4 Å². The Morgan fingerprint density at radius 2 is 1.61 bits per heavy atom. The van der Waals surface area contributed by atoms with E-state index in [0.717, 1.165) is 0 Å². The zero-order chi connectivity index (χ0) is 29.7. The highest BCUT2D eigenvalue weighted by Gasteiger charge is 2.29. The van der Waals surface area contributed by atoms with E-state index in [1.165, 1.54) is 4.90 Å². The van der Waals surface area contributed by atoms with E-state index < -0.39 is 22.8 Å². The van der Waals surface area contributed by atoms with Crippen molar-refractivity contribution in [1.29, 1.82) is 0 Å². The summed E-state index contributed by atoms with van der Waals surface area (Å²) in [6.45, 7) is 3.97. The van der Waals surface area contributed by atoms with E-state index in [2.05, 4.69) is 10.5 Å². The Bertz CT molecular complexity index is 1490. The monoisotopic (exact) mass is 632 g/mol. The molecule has 0 fully saturated rings. The molecule has 0 radical (unpaired) electrons. The average Bonchev–Trinajstić information content (AvgIpc) is 3.44. The van der Waals surface area contributed by atoms with Crippen LogP contribution in [0, 0.1) is 5.92 Å². The molecule has 0 saturated carbocycles. The molecule has 1 aromatic heterocycles. The zero-order valence-corrected chi connectivity index (χ0v) is 25.3. The van der Waals surface area contributed by atoms with E-state index in [9.17, 15) is 9.59 Å². The molecule has 0 aliphatic carbocycles. The minimum absolute atomic E-state index is 0.0540. The van der Waals surface area contributed by atoms with Gasteiger partial charge in [0.2, 0.25) is 5.91 Å². The second kappa shape index (κ2) is 13.7. The van der Waals surface area contributed by atoms with Crippen LogP contribution in [-0.4, -0.2) is 34.4 Å². The van der Waals surface area contributed by atoms with E-state index in [4.69, 9.17) is 56.7 Å². The molecular formula is C30H28Cl4N4O3. The van der Waals surface area contributed by atoms with E-state index in [0.29, 0.717) is 43.9 Å². The van der Waals surface area contributed by atoms with Crippen molar-refractivity contribution in [3.63, 3.8) is 0 Å². The summed E-state index contributed by atoms with van der Waals surface area (Å²) in [4.78, 5) is 26.4. The SMILES string of the molecule is CC(C)C(CN(C(=O)C(Cl)Cl)c1cccc(-c2cc(-c3c(Cl)cccc3Cl)no2)c1)NC(=O)C(N)c1ccccc1. The Labute approximate surface area is 258 Å². The number of amides is 2. The van der Waals surface area contributed by atoms with Gasteiger partial charge in [-0.3, -0.25) is 9.59 Å². The summed E-state index contributed by atoms with van der Waals surface area (Å²) in [5.41, 5.74) is 9.05. The highest BCUT2D eigenvalue weighted by atomic mass is 35.5. The van der Waals surface area contributed by atoms with Crippen LogP contribution in [0.15, 0.2) is 83.4 Å². The van der Waals surface area contributed by atoms with Gasteiger partial charge >= 0.3 is 0 Å². The molecule has 2 unspecified atom stereocenters. The van der Waals surface area contributed by atoms with Gasteiger partial charge in [-0.25, -0.2) is 0 Å². The van der Waals surface area contributed by atoms with Crippen molar-refractivity contribution in [2.45, 2.75) is 30.8 Å². The maximum absolute atomic E-state index is 13.2. The summed E-state index contributed by atoms with van der Waals surface area (Å²) in [6.07, 6.45) is 0. The Morgan fingerprint density at radius 1 is 0.951 bits per heavy atom. The van der Waals surface area contributed by atoms with Crippen LogP contribution in [0.1, 0.15) is 25.5 Å². The highest BCUT2D eigenvalue weighted by molar-refractivity contribution is 6.54. The second-order valence-electron chi connectivity index (χ2n) is 9.72. The topological polar surface area (TPSA) is 101 Å². The maximum atomic E-state index is 13.2. The second-order valence-corrected chi connectivity index (χ2v) is 11.6. The van der Waals surface area contributed by atoms with Crippen LogP contribution in [0.25, 0.3) is 22.6 Å². The molecule has 0 aliphatic rings. The fourth-order valence-electron chi connectivity index (χ4n) is 4.24. The number of nitrogens with one attached hydrogen (secondary N) is 1. The molecular weight excluding hydrogens is 606 g/mol. The number of halogens is 4. The van der Waals surface area contributed by atoms with Crippen LogP contribution in [0.3, 0.4) is 0 Å². The van der Waals surface area contributed by atoms with Crippen molar-refractivity contribution in [3.05, 3.63) is 94.5 Å². The van der Waals surface area contributed by atoms with Crippen molar-refractivity contribution < 1.29 is 14.1 Å². The Hall–Kier alpha value is -3.07. The minimum Gasteiger partial charge on any atom is -0.356 e. The molecule has 4 rings (SSSR count). The number of aromatic nitrogens is 1. The molecule has 0 aliphatic heterocycles. The molecule has 41 heavy (non-hydrogen) atoms. The first-order valence-electron chi connectivity index (χ1n) is 12.8. The number of alkyl halides is 2. The first-order chi connectivity index (χ1) is 19.6. The van der Waals surface area contributed by atoms with Gasteiger partial charge in [0.05, 0.1) is 10.0 Å². The number of hydrogen-bond donors (Lipinski definition) is 2. The van der Waals surface area contributed by atoms with E-state index in [-0.39, 0.29) is 18.4 Å². The van der Waals surface area contributed by atoms with Crippen LogP contribution in [0.2, 0.25) is 10.0 Å². The van der Waals surface area contributed by atoms with Crippen LogP contribution in [0.5, 0.6) is 0 Å². The third-order valence-electron chi connectivity index (χ3n) is 6.58. The summed E-state index contributed by atoms with van der Waals surface area (Å²) >= 11 is 24.8. The van der Waals surface area contributed by atoms with E-state index in [1.807, 2.05) is 38.1 Å². The van der Waals surface area contributed by atoms with Gasteiger partial charge in [0.1, 0.15) is 11.7 Å². The number of anilines is 1. The lowest BCUT2D eigenvalue weighted by Crippen LogP contribution is -2.51. The average molecular weight is 634 g/mol. The summed E-state index contributed by atoms with van der Waals surface area (Å²) < 4.78 is 5.60. The fourth-order valence-corrected chi connectivity index (χ4v) is 5.07. The third kappa shape index (κ3) is 7.42. The van der Waals surface area contributed by atoms with Gasteiger partial charge in [-0.15, -0.1) is 0 Å². The molecule has 3 N–H and O–H groups in total. The first-order valence-corrected chi connectivity index (χ1v) is 14.4. The molecule has 2 atom stereocenters. The normalized spacial score (nSPS) is 12.8. The van der Waals surface area contributed by atoms with Crippen LogP contribution >= 0.6 is 46.4 Å². The number of hydrogen-bond acceptors (Lipinski definition) is 5. The van der Waals surface area contributed by atoms with E-state index in [1.54, 1.807) is 54.6 Å². The summed E-state index contributed by atoms with van der Waals surface area (Å²) in [7, 11) is 0. The van der Waals surface area contributed by atoms with Gasteiger partial charge in [-0.1, -0.05) is 114 Å².